The summed E-state index contributed by atoms with van der Waals surface area (Å²) in [6.07, 6.45) is 0. The third-order valence-electron chi connectivity index (χ3n) is 1.88. The molecular formula is C10H24N2. The van der Waals surface area contributed by atoms with E-state index in [0.717, 1.165) is 13.1 Å². The maximum absolute atomic E-state index is 3.54. The van der Waals surface area contributed by atoms with Gasteiger partial charge in [0, 0.05) is 18.1 Å². The van der Waals surface area contributed by atoms with Crippen LogP contribution >= 0.6 is 0 Å². The van der Waals surface area contributed by atoms with E-state index in [0.29, 0.717) is 6.04 Å². The lowest BCUT2D eigenvalue weighted by molar-refractivity contribution is 0.232. The Hall–Kier alpha value is -0.0800. The van der Waals surface area contributed by atoms with Gasteiger partial charge in [-0.2, -0.15) is 0 Å². The zero-order chi connectivity index (χ0) is 9.78. The van der Waals surface area contributed by atoms with Gasteiger partial charge in [-0.3, -0.25) is 0 Å². The van der Waals surface area contributed by atoms with Crippen LogP contribution in [0.1, 0.15) is 34.6 Å². The Bertz CT molecular complexity index is 119. The van der Waals surface area contributed by atoms with Crippen LogP contribution in [-0.2, 0) is 0 Å². The predicted octanol–water partition coefficient (Wildman–Crippen LogP) is 1.71. The molecule has 0 amide bonds. The van der Waals surface area contributed by atoms with Gasteiger partial charge in [-0.15, -0.1) is 0 Å². The molecule has 0 aliphatic carbocycles. The van der Waals surface area contributed by atoms with Gasteiger partial charge in [-0.25, -0.2) is 0 Å². The molecular weight excluding hydrogens is 148 g/mol. The highest BCUT2D eigenvalue weighted by molar-refractivity contribution is 4.81. The average molecular weight is 172 g/mol. The largest absolute Gasteiger partial charge is 0.308 e. The maximum atomic E-state index is 3.54. The van der Waals surface area contributed by atoms with Gasteiger partial charge in [-0.05, 0) is 27.4 Å². The van der Waals surface area contributed by atoms with Gasteiger partial charge in [0.05, 0.1) is 0 Å². The van der Waals surface area contributed by atoms with Crippen LogP contribution in [0.25, 0.3) is 0 Å². The van der Waals surface area contributed by atoms with Crippen molar-refractivity contribution in [2.24, 2.45) is 0 Å². The average Bonchev–Trinajstić information content (AvgIpc) is 1.83. The standard InChI is InChI=1S/C10H24N2/c1-7-12(6)8-10(4,5)11-9(2)3/h9,11H,7-8H2,1-6H3. The molecule has 0 heterocycles. The van der Waals surface area contributed by atoms with Crippen molar-refractivity contribution < 1.29 is 0 Å². The molecule has 74 valence electrons. The Morgan fingerprint density at radius 2 is 1.83 bits per heavy atom. The van der Waals surface area contributed by atoms with Crippen molar-refractivity contribution in [3.8, 4) is 0 Å². The topological polar surface area (TPSA) is 15.3 Å². The number of hydrogen-bond donors (Lipinski definition) is 1. The van der Waals surface area contributed by atoms with Gasteiger partial charge < -0.3 is 10.2 Å². The molecule has 0 saturated carbocycles. The smallest absolute Gasteiger partial charge is 0.0254 e. The van der Waals surface area contributed by atoms with Crippen molar-refractivity contribution in [3.05, 3.63) is 0 Å². The Labute approximate surface area is 77.3 Å². The molecule has 1 N–H and O–H groups in total. The van der Waals surface area contributed by atoms with E-state index >= 15 is 0 Å². The molecule has 0 aromatic carbocycles. The molecule has 0 aliphatic rings. The maximum Gasteiger partial charge on any atom is 0.0254 e. The first kappa shape index (κ1) is 11.9. The summed E-state index contributed by atoms with van der Waals surface area (Å²) in [6.45, 7) is 13.3. The summed E-state index contributed by atoms with van der Waals surface area (Å²) in [7, 11) is 2.16. The molecule has 0 radical (unpaired) electrons. The van der Waals surface area contributed by atoms with Crippen molar-refractivity contribution in [2.75, 3.05) is 20.1 Å². The summed E-state index contributed by atoms with van der Waals surface area (Å²) in [6, 6.07) is 0.560. The van der Waals surface area contributed by atoms with Crippen LogP contribution in [0.3, 0.4) is 0 Å². The van der Waals surface area contributed by atoms with Crippen molar-refractivity contribution in [2.45, 2.75) is 46.2 Å². The van der Waals surface area contributed by atoms with E-state index in [9.17, 15) is 0 Å². The molecule has 2 heteroatoms. The molecule has 0 atom stereocenters. The van der Waals surface area contributed by atoms with Gasteiger partial charge in [-0.1, -0.05) is 20.8 Å². The molecule has 0 aromatic rings. The molecule has 0 fully saturated rings. The minimum Gasteiger partial charge on any atom is -0.308 e. The van der Waals surface area contributed by atoms with Crippen LogP contribution in [0.4, 0.5) is 0 Å². The van der Waals surface area contributed by atoms with Crippen LogP contribution in [0, 0.1) is 0 Å². The quantitative estimate of drug-likeness (QED) is 0.679. The second-order valence-electron chi connectivity index (χ2n) is 4.51. The number of nitrogens with one attached hydrogen (secondary N) is 1. The molecule has 0 aromatic heterocycles. The zero-order valence-corrected chi connectivity index (χ0v) is 9.44. The summed E-state index contributed by atoms with van der Waals surface area (Å²) in [5.74, 6) is 0. The van der Waals surface area contributed by atoms with Crippen LogP contribution < -0.4 is 5.32 Å². The van der Waals surface area contributed by atoms with E-state index in [1.54, 1.807) is 0 Å². The first-order chi connectivity index (χ1) is 5.37. The van der Waals surface area contributed by atoms with Gasteiger partial charge in [0.1, 0.15) is 0 Å². The summed E-state index contributed by atoms with van der Waals surface area (Å²) in [5, 5.41) is 3.54. The highest BCUT2D eigenvalue weighted by Crippen LogP contribution is 2.05. The first-order valence-electron chi connectivity index (χ1n) is 4.83. The fourth-order valence-corrected chi connectivity index (χ4v) is 1.61. The number of rotatable bonds is 5. The number of nitrogens with zero attached hydrogens (tertiary/aromatic N) is 1. The Morgan fingerprint density at radius 3 is 2.17 bits per heavy atom. The Kier molecular flexibility index (Phi) is 4.80. The minimum absolute atomic E-state index is 0.221. The van der Waals surface area contributed by atoms with Gasteiger partial charge in [0.25, 0.3) is 0 Å². The monoisotopic (exact) mass is 172 g/mol. The lowest BCUT2D eigenvalue weighted by atomic mass is 10.0. The van der Waals surface area contributed by atoms with Crippen molar-refractivity contribution in [1.29, 1.82) is 0 Å². The Morgan fingerprint density at radius 1 is 1.33 bits per heavy atom. The van der Waals surface area contributed by atoms with E-state index in [1.807, 2.05) is 0 Å². The molecule has 0 spiro atoms. The highest BCUT2D eigenvalue weighted by atomic mass is 15.1. The van der Waals surface area contributed by atoms with Gasteiger partial charge in [0.2, 0.25) is 0 Å². The highest BCUT2D eigenvalue weighted by Gasteiger charge is 2.19. The molecule has 12 heavy (non-hydrogen) atoms. The lowest BCUT2D eigenvalue weighted by Crippen LogP contribution is -2.50. The lowest BCUT2D eigenvalue weighted by Gasteiger charge is -2.32. The van der Waals surface area contributed by atoms with E-state index in [1.165, 1.54) is 0 Å². The SMILES string of the molecule is CCN(C)CC(C)(C)NC(C)C. The number of likely N-dealkylation sites (N-methyl/N-ethyl adjacent to an activating group) is 1. The van der Waals surface area contributed by atoms with Crippen LogP contribution in [0.5, 0.6) is 0 Å². The zero-order valence-electron chi connectivity index (χ0n) is 9.44. The van der Waals surface area contributed by atoms with Crippen LogP contribution in [0.2, 0.25) is 0 Å². The first-order valence-corrected chi connectivity index (χ1v) is 4.83. The molecule has 0 bridgehead atoms. The van der Waals surface area contributed by atoms with Gasteiger partial charge >= 0.3 is 0 Å². The van der Waals surface area contributed by atoms with Gasteiger partial charge in [0.15, 0.2) is 0 Å². The predicted molar refractivity (Wildman–Crippen MR) is 55.5 cm³/mol. The minimum atomic E-state index is 0.221. The second kappa shape index (κ2) is 4.83. The third-order valence-corrected chi connectivity index (χ3v) is 1.88. The van der Waals surface area contributed by atoms with E-state index in [-0.39, 0.29) is 5.54 Å². The summed E-state index contributed by atoms with van der Waals surface area (Å²) in [4.78, 5) is 2.33. The summed E-state index contributed by atoms with van der Waals surface area (Å²) >= 11 is 0. The molecule has 2 nitrogen and oxygen atoms in total. The molecule has 0 rings (SSSR count). The van der Waals surface area contributed by atoms with Crippen molar-refractivity contribution in [1.82, 2.24) is 10.2 Å². The summed E-state index contributed by atoms with van der Waals surface area (Å²) in [5.41, 5.74) is 0.221. The van der Waals surface area contributed by atoms with E-state index < -0.39 is 0 Å². The second-order valence-corrected chi connectivity index (χ2v) is 4.51. The van der Waals surface area contributed by atoms with Crippen molar-refractivity contribution >= 4 is 0 Å². The van der Waals surface area contributed by atoms with Crippen molar-refractivity contribution in [3.63, 3.8) is 0 Å². The van der Waals surface area contributed by atoms with E-state index in [4.69, 9.17) is 0 Å². The van der Waals surface area contributed by atoms with E-state index in [2.05, 4.69) is 51.9 Å². The fourth-order valence-electron chi connectivity index (χ4n) is 1.61. The number of hydrogen-bond acceptors (Lipinski definition) is 2. The summed E-state index contributed by atoms with van der Waals surface area (Å²) < 4.78 is 0. The van der Waals surface area contributed by atoms with Crippen LogP contribution in [-0.4, -0.2) is 36.6 Å². The molecule has 0 aliphatic heterocycles. The molecule has 0 unspecified atom stereocenters. The van der Waals surface area contributed by atoms with Crippen LogP contribution in [0.15, 0.2) is 0 Å². The Balaban J connectivity index is 3.85. The third kappa shape index (κ3) is 5.56. The molecule has 0 saturated heterocycles. The fraction of sp³-hybridized carbons (Fsp3) is 1.00. The normalized spacial score (nSPS) is 13.0.